The van der Waals surface area contributed by atoms with Crippen LogP contribution >= 0.6 is 12.4 Å². The summed E-state index contributed by atoms with van der Waals surface area (Å²) in [4.78, 5) is 11.6. The van der Waals surface area contributed by atoms with Gasteiger partial charge in [0, 0.05) is 31.6 Å². The van der Waals surface area contributed by atoms with Crippen LogP contribution in [0.2, 0.25) is 0 Å². The third-order valence-corrected chi connectivity index (χ3v) is 6.93. The van der Waals surface area contributed by atoms with E-state index in [0.29, 0.717) is 31.5 Å². The van der Waals surface area contributed by atoms with Crippen LogP contribution in [0.15, 0.2) is 23.1 Å². The second kappa shape index (κ2) is 9.27. The van der Waals surface area contributed by atoms with Gasteiger partial charge in [-0.2, -0.15) is 4.31 Å². The molecule has 0 bridgehead atoms. The van der Waals surface area contributed by atoms with E-state index in [1.165, 1.54) is 0 Å². The number of carbonyl (C=O) groups excluding carboxylic acids is 1. The highest BCUT2D eigenvalue weighted by molar-refractivity contribution is 7.89. The van der Waals surface area contributed by atoms with Gasteiger partial charge in [0.15, 0.2) is 0 Å². The van der Waals surface area contributed by atoms with Gasteiger partial charge in [-0.25, -0.2) is 17.2 Å². The van der Waals surface area contributed by atoms with E-state index in [1.54, 1.807) is 0 Å². The van der Waals surface area contributed by atoms with Crippen LogP contribution < -0.4 is 10.6 Å². The number of benzene rings is 1. The largest absolute Gasteiger partial charge is 0.354 e. The smallest absolute Gasteiger partial charge is 0.246 e. The van der Waals surface area contributed by atoms with Crippen LogP contribution in [0, 0.1) is 17.6 Å². The molecular weight excluding hydrogens is 400 g/mol. The number of nitrogens with zero attached hydrogens (tertiary/aromatic N) is 1. The fourth-order valence-corrected chi connectivity index (χ4v) is 5.02. The Morgan fingerprint density at radius 2 is 1.93 bits per heavy atom. The molecule has 1 unspecified atom stereocenters. The number of carbonyl (C=O) groups is 1. The van der Waals surface area contributed by atoms with Gasteiger partial charge < -0.3 is 10.6 Å². The first-order chi connectivity index (χ1) is 12.4. The van der Waals surface area contributed by atoms with Crippen molar-refractivity contribution in [1.29, 1.82) is 0 Å². The highest BCUT2D eigenvalue weighted by Crippen LogP contribution is 2.26. The second-order valence-corrected chi connectivity index (χ2v) is 8.70. The highest BCUT2D eigenvalue weighted by Gasteiger charge is 2.34. The summed E-state index contributed by atoms with van der Waals surface area (Å²) >= 11 is 0. The number of halogens is 3. The summed E-state index contributed by atoms with van der Waals surface area (Å²) in [6, 6.07) is 2.68. The first-order valence-corrected chi connectivity index (χ1v) is 10.3. The predicted molar refractivity (Wildman–Crippen MR) is 99.1 cm³/mol. The molecular formula is C17H24ClF2N3O3S. The van der Waals surface area contributed by atoms with Crippen LogP contribution in [0.3, 0.4) is 0 Å². The number of piperidine rings is 1. The summed E-state index contributed by atoms with van der Waals surface area (Å²) in [7, 11) is -4.11. The minimum absolute atomic E-state index is 0. The van der Waals surface area contributed by atoms with Crippen molar-refractivity contribution in [1.82, 2.24) is 14.9 Å². The molecule has 10 heteroatoms. The Hall–Kier alpha value is -1.29. The normalized spacial score (nSPS) is 21.6. The predicted octanol–water partition coefficient (Wildman–Crippen LogP) is 1.66. The molecule has 3 rings (SSSR count). The topological polar surface area (TPSA) is 78.5 Å². The first kappa shape index (κ1) is 22.0. The monoisotopic (exact) mass is 423 g/mol. The van der Waals surface area contributed by atoms with E-state index in [9.17, 15) is 22.0 Å². The Bertz CT molecular complexity index is 765. The van der Waals surface area contributed by atoms with E-state index < -0.39 is 26.6 Å². The van der Waals surface area contributed by atoms with Crippen molar-refractivity contribution in [3.8, 4) is 0 Å². The maximum absolute atomic E-state index is 13.8. The zero-order valence-electron chi connectivity index (χ0n) is 14.8. The average molecular weight is 424 g/mol. The SMILES string of the molecule is Cl.O=C(NCC1CCCN1)C1CCN(S(=O)(=O)c2cc(F)ccc2F)CC1. The van der Waals surface area contributed by atoms with Crippen LogP contribution in [0.1, 0.15) is 25.7 Å². The van der Waals surface area contributed by atoms with E-state index in [-0.39, 0.29) is 37.3 Å². The van der Waals surface area contributed by atoms with Crippen molar-refractivity contribution >= 4 is 28.3 Å². The van der Waals surface area contributed by atoms with E-state index in [0.717, 1.165) is 35.8 Å². The quantitative estimate of drug-likeness (QED) is 0.755. The molecule has 152 valence electrons. The van der Waals surface area contributed by atoms with Crippen molar-refractivity contribution < 1.29 is 22.0 Å². The fourth-order valence-electron chi connectivity index (χ4n) is 3.47. The lowest BCUT2D eigenvalue weighted by Crippen LogP contribution is -2.45. The summed E-state index contributed by atoms with van der Waals surface area (Å²) in [6.07, 6.45) is 2.86. The van der Waals surface area contributed by atoms with Gasteiger partial charge in [0.25, 0.3) is 0 Å². The summed E-state index contributed by atoms with van der Waals surface area (Å²) in [5.41, 5.74) is 0. The Morgan fingerprint density at radius 1 is 1.22 bits per heavy atom. The molecule has 2 fully saturated rings. The average Bonchev–Trinajstić information content (AvgIpc) is 3.15. The molecule has 1 atom stereocenters. The zero-order chi connectivity index (χ0) is 18.7. The van der Waals surface area contributed by atoms with Gasteiger partial charge in [-0.1, -0.05) is 0 Å². The number of sulfonamides is 1. The lowest BCUT2D eigenvalue weighted by Gasteiger charge is -2.30. The van der Waals surface area contributed by atoms with E-state index in [2.05, 4.69) is 10.6 Å². The first-order valence-electron chi connectivity index (χ1n) is 8.84. The summed E-state index contributed by atoms with van der Waals surface area (Å²) in [6.45, 7) is 1.76. The maximum Gasteiger partial charge on any atom is 0.246 e. The van der Waals surface area contributed by atoms with Crippen molar-refractivity contribution in [2.45, 2.75) is 36.6 Å². The molecule has 2 N–H and O–H groups in total. The molecule has 2 heterocycles. The highest BCUT2D eigenvalue weighted by atomic mass is 35.5. The Balaban J connectivity index is 0.00000261. The number of hydrogen-bond acceptors (Lipinski definition) is 4. The molecule has 2 saturated heterocycles. The lowest BCUT2D eigenvalue weighted by atomic mass is 9.97. The van der Waals surface area contributed by atoms with Gasteiger partial charge in [-0.15, -0.1) is 12.4 Å². The molecule has 2 aliphatic rings. The van der Waals surface area contributed by atoms with E-state index >= 15 is 0 Å². The number of nitrogens with one attached hydrogen (secondary N) is 2. The zero-order valence-corrected chi connectivity index (χ0v) is 16.4. The molecule has 1 aromatic rings. The molecule has 0 radical (unpaired) electrons. The fraction of sp³-hybridized carbons (Fsp3) is 0.588. The van der Waals surface area contributed by atoms with Gasteiger partial charge in [0.2, 0.25) is 15.9 Å². The summed E-state index contributed by atoms with van der Waals surface area (Å²) in [5.74, 6) is -2.12. The number of rotatable bonds is 5. The molecule has 0 aliphatic carbocycles. The summed E-state index contributed by atoms with van der Waals surface area (Å²) < 4.78 is 53.4. The van der Waals surface area contributed by atoms with Crippen molar-refractivity contribution in [3.05, 3.63) is 29.8 Å². The number of amides is 1. The minimum atomic E-state index is -4.11. The van der Waals surface area contributed by atoms with Gasteiger partial charge >= 0.3 is 0 Å². The molecule has 0 aromatic heterocycles. The molecule has 0 spiro atoms. The molecule has 6 nitrogen and oxygen atoms in total. The van der Waals surface area contributed by atoms with Crippen LogP contribution in [-0.2, 0) is 14.8 Å². The van der Waals surface area contributed by atoms with Crippen LogP contribution in [0.4, 0.5) is 8.78 Å². The molecule has 1 aromatic carbocycles. The number of hydrogen-bond donors (Lipinski definition) is 2. The molecule has 27 heavy (non-hydrogen) atoms. The van der Waals surface area contributed by atoms with Gasteiger partial charge in [0.1, 0.15) is 16.5 Å². The maximum atomic E-state index is 13.8. The van der Waals surface area contributed by atoms with Crippen molar-refractivity contribution in [2.75, 3.05) is 26.2 Å². The Morgan fingerprint density at radius 3 is 2.56 bits per heavy atom. The van der Waals surface area contributed by atoms with Gasteiger partial charge in [0.05, 0.1) is 0 Å². The van der Waals surface area contributed by atoms with Crippen LogP contribution in [-0.4, -0.2) is 50.9 Å². The Kier molecular flexibility index (Phi) is 7.55. The Labute approximate surface area is 164 Å². The molecule has 1 amide bonds. The minimum Gasteiger partial charge on any atom is -0.354 e. The lowest BCUT2D eigenvalue weighted by molar-refractivity contribution is -0.126. The van der Waals surface area contributed by atoms with Gasteiger partial charge in [-0.3, -0.25) is 4.79 Å². The molecule has 2 aliphatic heterocycles. The standard InChI is InChI=1S/C17H23F2N3O3S.ClH/c18-13-3-4-15(19)16(10-13)26(24,25)22-8-5-12(6-9-22)17(23)21-11-14-2-1-7-20-14;/h3-4,10,12,14,20H,1-2,5-9,11H2,(H,21,23);1H. The third kappa shape index (κ3) is 5.16. The van der Waals surface area contributed by atoms with Crippen molar-refractivity contribution in [3.63, 3.8) is 0 Å². The van der Waals surface area contributed by atoms with E-state index in [1.807, 2.05) is 0 Å². The van der Waals surface area contributed by atoms with E-state index in [4.69, 9.17) is 0 Å². The van der Waals surface area contributed by atoms with Crippen LogP contribution in [0.25, 0.3) is 0 Å². The summed E-state index contributed by atoms with van der Waals surface area (Å²) in [5, 5.41) is 6.22. The second-order valence-electron chi connectivity index (χ2n) is 6.79. The third-order valence-electron chi connectivity index (χ3n) is 5.02. The van der Waals surface area contributed by atoms with Gasteiger partial charge in [-0.05, 0) is 50.4 Å². The van der Waals surface area contributed by atoms with Crippen molar-refractivity contribution in [2.24, 2.45) is 5.92 Å². The molecule has 0 saturated carbocycles. The van der Waals surface area contributed by atoms with Crippen LogP contribution in [0.5, 0.6) is 0 Å².